The number of carbonyl (C=O) groups is 1. The Hall–Kier alpha value is -3.01. The number of hydrogen-bond acceptors (Lipinski definition) is 4. The van der Waals surface area contributed by atoms with Crippen molar-refractivity contribution >= 4 is 27.4 Å². The lowest BCUT2D eigenvalue weighted by Gasteiger charge is -2.32. The van der Waals surface area contributed by atoms with Gasteiger partial charge in [0.25, 0.3) is 0 Å². The maximum Gasteiger partial charge on any atom is 0.378 e. The van der Waals surface area contributed by atoms with Crippen LogP contribution in [0.5, 0.6) is 5.75 Å². The van der Waals surface area contributed by atoms with E-state index in [9.17, 15) is 31.1 Å². The minimum absolute atomic E-state index is 0.175. The summed E-state index contributed by atoms with van der Waals surface area (Å²) in [6.45, 7) is 2.84. The molecule has 0 fully saturated rings. The van der Waals surface area contributed by atoms with Crippen LogP contribution in [-0.2, 0) is 16.0 Å². The number of halogens is 6. The van der Waals surface area contributed by atoms with Gasteiger partial charge in [-0.1, -0.05) is 44.5 Å². The summed E-state index contributed by atoms with van der Waals surface area (Å²) in [6, 6.07) is 12.5. The molecular weight excluding hydrogens is 530 g/mol. The van der Waals surface area contributed by atoms with E-state index >= 15 is 0 Å². The molecule has 0 atom stereocenters. The van der Waals surface area contributed by atoms with E-state index in [1.807, 2.05) is 19.1 Å². The summed E-state index contributed by atoms with van der Waals surface area (Å²) in [6.07, 6.45) is 4.87. The van der Waals surface area contributed by atoms with Gasteiger partial charge in [-0.25, -0.2) is 4.79 Å². The molecule has 0 aliphatic rings. The van der Waals surface area contributed by atoms with Crippen LogP contribution in [0.2, 0.25) is 0 Å². The number of benzene rings is 2. The van der Waals surface area contributed by atoms with Crippen LogP contribution in [-0.4, -0.2) is 37.0 Å². The Balaban J connectivity index is 1.73. The fourth-order valence-electron chi connectivity index (χ4n) is 3.81. The van der Waals surface area contributed by atoms with Crippen LogP contribution in [0.3, 0.4) is 0 Å². The maximum atomic E-state index is 14.2. The summed E-state index contributed by atoms with van der Waals surface area (Å²) < 4.78 is 93.5. The molecular formula is C28H28F6O3S. The molecule has 1 aromatic heterocycles. The van der Waals surface area contributed by atoms with E-state index in [0.717, 1.165) is 40.7 Å². The highest BCUT2D eigenvalue weighted by Gasteiger charge is 2.72. The van der Waals surface area contributed by atoms with E-state index in [4.69, 9.17) is 4.74 Å². The van der Waals surface area contributed by atoms with Crippen molar-refractivity contribution in [3.63, 3.8) is 0 Å². The van der Waals surface area contributed by atoms with E-state index in [1.165, 1.54) is 35.5 Å². The predicted octanol–water partition coefficient (Wildman–Crippen LogP) is 8.62. The van der Waals surface area contributed by atoms with Crippen LogP contribution < -0.4 is 4.74 Å². The average Bonchev–Trinajstić information content (AvgIpc) is 3.29. The molecule has 0 aliphatic carbocycles. The minimum atomic E-state index is -5.85. The number of carbonyl (C=O) groups excluding carboxylic acids is 1. The van der Waals surface area contributed by atoms with Gasteiger partial charge in [-0.15, -0.1) is 11.3 Å². The van der Waals surface area contributed by atoms with E-state index < -0.39 is 37.0 Å². The normalized spacial score (nSPS) is 12.5. The number of aryl methyl sites for hydroxylation is 2. The zero-order valence-electron chi connectivity index (χ0n) is 21.0. The van der Waals surface area contributed by atoms with Crippen molar-refractivity contribution in [1.29, 1.82) is 0 Å². The number of alkyl halides is 6. The van der Waals surface area contributed by atoms with E-state index in [2.05, 4.69) is 30.4 Å². The number of fused-ring (bicyclic) bond motifs is 1. The Morgan fingerprint density at radius 1 is 0.974 bits per heavy atom. The SMILES string of the molecule is C=CC(=O)OCC(F)(F)C(F)(F)C(F)(F)COc1ccc2cc(-c3ccc(CCCCC)cc3C)sc2c1. The van der Waals surface area contributed by atoms with E-state index in [1.54, 1.807) is 6.07 Å². The first-order valence-electron chi connectivity index (χ1n) is 12.0. The summed E-state index contributed by atoms with van der Waals surface area (Å²) in [5.41, 5.74) is 3.35. The van der Waals surface area contributed by atoms with Gasteiger partial charge in [-0.3, -0.25) is 0 Å². The van der Waals surface area contributed by atoms with Gasteiger partial charge < -0.3 is 9.47 Å². The van der Waals surface area contributed by atoms with Gasteiger partial charge >= 0.3 is 23.7 Å². The van der Waals surface area contributed by atoms with Crippen molar-refractivity contribution in [2.45, 2.75) is 57.3 Å². The number of rotatable bonds is 13. The van der Waals surface area contributed by atoms with Crippen molar-refractivity contribution < 1.29 is 40.6 Å². The highest BCUT2D eigenvalue weighted by Crippen LogP contribution is 2.46. The molecule has 0 radical (unpaired) electrons. The van der Waals surface area contributed by atoms with Gasteiger partial charge in [0.1, 0.15) is 5.75 Å². The Morgan fingerprint density at radius 3 is 2.34 bits per heavy atom. The van der Waals surface area contributed by atoms with Gasteiger partial charge in [0, 0.05) is 15.7 Å². The zero-order valence-corrected chi connectivity index (χ0v) is 21.8. The van der Waals surface area contributed by atoms with Crippen LogP contribution in [0, 0.1) is 6.92 Å². The lowest BCUT2D eigenvalue weighted by molar-refractivity contribution is -0.322. The molecule has 10 heteroatoms. The van der Waals surface area contributed by atoms with Gasteiger partial charge in [0.15, 0.2) is 13.2 Å². The van der Waals surface area contributed by atoms with Crippen LogP contribution in [0.4, 0.5) is 26.3 Å². The van der Waals surface area contributed by atoms with Crippen molar-refractivity contribution in [3.8, 4) is 16.2 Å². The summed E-state index contributed by atoms with van der Waals surface area (Å²) >= 11 is 1.37. The van der Waals surface area contributed by atoms with Crippen LogP contribution in [0.25, 0.3) is 20.5 Å². The highest BCUT2D eigenvalue weighted by atomic mass is 32.1. The third kappa shape index (κ3) is 6.51. The monoisotopic (exact) mass is 558 g/mol. The van der Waals surface area contributed by atoms with Crippen molar-refractivity contribution in [2.24, 2.45) is 0 Å². The van der Waals surface area contributed by atoms with Crippen molar-refractivity contribution in [2.75, 3.05) is 13.2 Å². The first-order chi connectivity index (χ1) is 17.8. The van der Waals surface area contributed by atoms with Gasteiger partial charge in [-0.2, -0.15) is 26.3 Å². The number of ether oxygens (including phenoxy) is 2. The van der Waals surface area contributed by atoms with Crippen molar-refractivity contribution in [1.82, 2.24) is 0 Å². The second kappa shape index (κ2) is 11.8. The van der Waals surface area contributed by atoms with Crippen LogP contribution in [0.1, 0.15) is 37.3 Å². The summed E-state index contributed by atoms with van der Waals surface area (Å²) in [7, 11) is 0. The average molecular weight is 559 g/mol. The molecule has 0 amide bonds. The third-order valence-electron chi connectivity index (χ3n) is 6.02. The molecule has 2 aromatic carbocycles. The summed E-state index contributed by atoms with van der Waals surface area (Å²) in [4.78, 5) is 11.8. The third-order valence-corrected chi connectivity index (χ3v) is 7.15. The van der Waals surface area contributed by atoms with Crippen LogP contribution >= 0.6 is 11.3 Å². The minimum Gasteiger partial charge on any atom is -0.487 e. The van der Waals surface area contributed by atoms with E-state index in [-0.39, 0.29) is 5.75 Å². The molecule has 206 valence electrons. The van der Waals surface area contributed by atoms with Crippen molar-refractivity contribution in [3.05, 3.63) is 66.2 Å². The Morgan fingerprint density at radius 2 is 1.68 bits per heavy atom. The molecule has 0 saturated heterocycles. The standard InChI is InChI=1S/C28H28F6O3S/c1-4-6-7-8-19-9-12-22(18(3)13-19)24-14-20-10-11-21(15-23(20)38-24)36-16-26(29,30)28(33,34)27(31,32)17-37-25(35)5-2/h5,9-15H,2,4,6-8,16-17H2,1,3H3. The number of unbranched alkanes of at least 4 members (excludes halogenated alkanes) is 2. The molecule has 1 heterocycles. The number of hydrogen-bond donors (Lipinski definition) is 0. The predicted molar refractivity (Wildman–Crippen MR) is 137 cm³/mol. The Bertz CT molecular complexity index is 1280. The quantitative estimate of drug-likeness (QED) is 0.0912. The lowest BCUT2D eigenvalue weighted by atomic mass is 10.00. The molecule has 0 N–H and O–H groups in total. The zero-order chi connectivity index (χ0) is 28.1. The fourth-order valence-corrected chi connectivity index (χ4v) is 5.00. The number of esters is 1. The van der Waals surface area contributed by atoms with Gasteiger partial charge in [0.05, 0.1) is 0 Å². The first-order valence-corrected chi connectivity index (χ1v) is 12.8. The molecule has 0 aliphatic heterocycles. The lowest BCUT2D eigenvalue weighted by Crippen LogP contribution is -2.58. The summed E-state index contributed by atoms with van der Waals surface area (Å²) in [5.74, 6) is -18.1. The molecule has 38 heavy (non-hydrogen) atoms. The van der Waals surface area contributed by atoms with Gasteiger partial charge in [-0.05, 0) is 66.1 Å². The van der Waals surface area contributed by atoms with Crippen LogP contribution in [0.15, 0.2) is 55.1 Å². The Labute approximate surface area is 221 Å². The maximum absolute atomic E-state index is 14.2. The number of thiophene rings is 1. The smallest absolute Gasteiger partial charge is 0.378 e. The summed E-state index contributed by atoms with van der Waals surface area (Å²) in [5, 5.41) is 0.788. The second-order valence-corrected chi connectivity index (χ2v) is 10.1. The molecule has 3 rings (SSSR count). The Kier molecular flexibility index (Phi) is 9.17. The largest absolute Gasteiger partial charge is 0.487 e. The second-order valence-electron chi connectivity index (χ2n) is 9.00. The molecule has 3 aromatic rings. The molecule has 3 nitrogen and oxygen atoms in total. The molecule has 0 saturated carbocycles. The van der Waals surface area contributed by atoms with Gasteiger partial charge in [0.2, 0.25) is 0 Å². The highest BCUT2D eigenvalue weighted by molar-refractivity contribution is 7.22. The topological polar surface area (TPSA) is 35.5 Å². The fraction of sp³-hybridized carbons (Fsp3) is 0.393. The molecule has 0 bridgehead atoms. The first kappa shape index (κ1) is 29.5. The molecule has 0 unspecified atom stereocenters. The molecule has 0 spiro atoms. The van der Waals surface area contributed by atoms with E-state index in [0.29, 0.717) is 10.8 Å².